The molecule has 0 radical (unpaired) electrons. The minimum Gasteiger partial charge on any atom is -0.491 e. The number of hydrogen-bond donors (Lipinski definition) is 0. The molecule has 1 unspecified atom stereocenters. The van der Waals surface area contributed by atoms with Gasteiger partial charge in [0, 0.05) is 23.8 Å². The summed E-state index contributed by atoms with van der Waals surface area (Å²) in [6.45, 7) is 4.59. The van der Waals surface area contributed by atoms with E-state index in [1.807, 2.05) is 7.05 Å². The smallest absolute Gasteiger partial charge is 0.261 e. The largest absolute Gasteiger partial charge is 0.491 e. The third-order valence-electron chi connectivity index (χ3n) is 3.19. The van der Waals surface area contributed by atoms with E-state index in [0.29, 0.717) is 24.5 Å². The van der Waals surface area contributed by atoms with Gasteiger partial charge in [-0.2, -0.15) is 0 Å². The van der Waals surface area contributed by atoms with E-state index in [-0.39, 0.29) is 11.0 Å². The molecule has 0 N–H and O–H groups in total. The molecular formula is C13H18ClNO4S. The molecule has 2 rings (SSSR count). The molecule has 1 saturated heterocycles. The van der Waals surface area contributed by atoms with Crippen LogP contribution >= 0.6 is 10.7 Å². The molecule has 1 atom stereocenters. The van der Waals surface area contributed by atoms with Crippen LogP contribution in [0.5, 0.6) is 5.75 Å². The summed E-state index contributed by atoms with van der Waals surface area (Å²) in [7, 11) is 3.67. The Bertz CT molecular complexity index is 576. The van der Waals surface area contributed by atoms with Crippen LogP contribution in [0.4, 0.5) is 0 Å². The first-order valence-corrected chi connectivity index (χ1v) is 8.65. The van der Waals surface area contributed by atoms with Gasteiger partial charge in [0.25, 0.3) is 9.05 Å². The SMILES string of the molecule is Cc1cc(OCC2CN(C)CCO2)ccc1S(=O)(=O)Cl. The monoisotopic (exact) mass is 319 g/mol. The maximum Gasteiger partial charge on any atom is 0.261 e. The van der Waals surface area contributed by atoms with E-state index >= 15 is 0 Å². The summed E-state index contributed by atoms with van der Waals surface area (Å²) in [6, 6.07) is 4.73. The highest BCUT2D eigenvalue weighted by atomic mass is 35.7. The van der Waals surface area contributed by atoms with Gasteiger partial charge in [0.15, 0.2) is 0 Å². The van der Waals surface area contributed by atoms with Crippen molar-refractivity contribution in [3.05, 3.63) is 23.8 Å². The van der Waals surface area contributed by atoms with Gasteiger partial charge in [0.05, 0.1) is 11.5 Å². The van der Waals surface area contributed by atoms with Gasteiger partial charge in [-0.1, -0.05) is 0 Å². The average Bonchev–Trinajstić information content (AvgIpc) is 2.35. The first-order chi connectivity index (χ1) is 9.36. The van der Waals surface area contributed by atoms with Gasteiger partial charge in [-0.15, -0.1) is 0 Å². The molecule has 0 saturated carbocycles. The lowest BCUT2D eigenvalue weighted by atomic mass is 10.2. The van der Waals surface area contributed by atoms with Gasteiger partial charge in [0.1, 0.15) is 18.5 Å². The fourth-order valence-electron chi connectivity index (χ4n) is 2.14. The Morgan fingerprint density at radius 1 is 1.50 bits per heavy atom. The van der Waals surface area contributed by atoms with E-state index < -0.39 is 9.05 Å². The van der Waals surface area contributed by atoms with Crippen LogP contribution < -0.4 is 4.74 Å². The van der Waals surface area contributed by atoms with Gasteiger partial charge >= 0.3 is 0 Å². The van der Waals surface area contributed by atoms with Crippen molar-refractivity contribution in [3.8, 4) is 5.75 Å². The fraction of sp³-hybridized carbons (Fsp3) is 0.538. The second kappa shape index (κ2) is 6.30. The van der Waals surface area contributed by atoms with Crippen LogP contribution in [0, 0.1) is 6.92 Å². The summed E-state index contributed by atoms with van der Waals surface area (Å²) in [5, 5.41) is 0. The number of halogens is 1. The van der Waals surface area contributed by atoms with Gasteiger partial charge in [0.2, 0.25) is 0 Å². The molecular weight excluding hydrogens is 302 g/mol. The zero-order valence-electron chi connectivity index (χ0n) is 11.5. The predicted octanol–water partition coefficient (Wildman–Crippen LogP) is 1.63. The van der Waals surface area contributed by atoms with Crippen molar-refractivity contribution in [2.75, 3.05) is 33.4 Å². The Balaban J connectivity index is 1.99. The molecule has 5 nitrogen and oxygen atoms in total. The zero-order valence-corrected chi connectivity index (χ0v) is 13.1. The van der Waals surface area contributed by atoms with E-state index in [1.165, 1.54) is 6.07 Å². The second-order valence-corrected chi connectivity index (χ2v) is 7.47. The van der Waals surface area contributed by atoms with E-state index in [0.717, 1.165) is 13.1 Å². The van der Waals surface area contributed by atoms with Crippen molar-refractivity contribution in [2.45, 2.75) is 17.9 Å². The normalized spacial score (nSPS) is 20.9. The molecule has 0 spiro atoms. The number of aryl methyl sites for hydroxylation is 1. The van der Waals surface area contributed by atoms with Crippen LogP contribution in [0.3, 0.4) is 0 Å². The maximum absolute atomic E-state index is 11.3. The fourth-order valence-corrected chi connectivity index (χ4v) is 3.34. The van der Waals surface area contributed by atoms with Crippen LogP contribution in [-0.4, -0.2) is 52.8 Å². The summed E-state index contributed by atoms with van der Waals surface area (Å²) in [4.78, 5) is 2.30. The topological polar surface area (TPSA) is 55.8 Å². The van der Waals surface area contributed by atoms with E-state index in [1.54, 1.807) is 19.1 Å². The van der Waals surface area contributed by atoms with Gasteiger partial charge in [-0.05, 0) is 37.7 Å². The first-order valence-electron chi connectivity index (χ1n) is 6.34. The second-order valence-electron chi connectivity index (χ2n) is 4.93. The molecule has 0 amide bonds. The molecule has 20 heavy (non-hydrogen) atoms. The third kappa shape index (κ3) is 4.09. The van der Waals surface area contributed by atoms with E-state index in [2.05, 4.69) is 4.90 Å². The lowest BCUT2D eigenvalue weighted by molar-refractivity contribution is -0.0403. The molecule has 1 fully saturated rings. The summed E-state index contributed by atoms with van der Waals surface area (Å²) in [6.07, 6.45) is 0.0329. The zero-order chi connectivity index (χ0) is 14.8. The molecule has 0 aliphatic carbocycles. The average molecular weight is 320 g/mol. The number of hydrogen-bond acceptors (Lipinski definition) is 5. The Morgan fingerprint density at radius 2 is 2.25 bits per heavy atom. The predicted molar refractivity (Wildman–Crippen MR) is 76.9 cm³/mol. The van der Waals surface area contributed by atoms with Crippen molar-refractivity contribution in [1.29, 1.82) is 0 Å². The minimum absolute atomic E-state index is 0.0329. The van der Waals surface area contributed by atoms with Crippen molar-refractivity contribution >= 4 is 19.7 Å². The Labute approximate surface area is 123 Å². The number of benzene rings is 1. The quantitative estimate of drug-likeness (QED) is 0.790. The Morgan fingerprint density at radius 3 is 2.85 bits per heavy atom. The highest BCUT2D eigenvalue weighted by molar-refractivity contribution is 8.13. The molecule has 1 aliphatic heterocycles. The lowest BCUT2D eigenvalue weighted by Crippen LogP contribution is -2.42. The van der Waals surface area contributed by atoms with Crippen LogP contribution in [0.1, 0.15) is 5.56 Å². The maximum atomic E-state index is 11.3. The standard InChI is InChI=1S/C13H18ClNO4S/c1-10-7-11(3-4-13(10)20(14,16)17)19-9-12-8-15(2)5-6-18-12/h3-4,7,12H,5-6,8-9H2,1-2H3. The Kier molecular flexibility index (Phi) is 4.90. The highest BCUT2D eigenvalue weighted by Crippen LogP contribution is 2.24. The van der Waals surface area contributed by atoms with Gasteiger partial charge < -0.3 is 14.4 Å². The highest BCUT2D eigenvalue weighted by Gasteiger charge is 2.19. The molecule has 112 valence electrons. The number of rotatable bonds is 4. The van der Waals surface area contributed by atoms with Crippen LogP contribution in [-0.2, 0) is 13.8 Å². The molecule has 1 aromatic carbocycles. The van der Waals surface area contributed by atoms with E-state index in [4.69, 9.17) is 20.2 Å². The molecule has 1 heterocycles. The summed E-state index contributed by atoms with van der Waals surface area (Å²) in [5.74, 6) is 0.614. The minimum atomic E-state index is -3.71. The summed E-state index contributed by atoms with van der Waals surface area (Å²) < 4.78 is 33.9. The number of ether oxygens (including phenoxy) is 2. The van der Waals surface area contributed by atoms with E-state index in [9.17, 15) is 8.42 Å². The van der Waals surface area contributed by atoms with Gasteiger partial charge in [-0.25, -0.2) is 8.42 Å². The van der Waals surface area contributed by atoms with Crippen molar-refractivity contribution in [1.82, 2.24) is 4.90 Å². The van der Waals surface area contributed by atoms with Crippen molar-refractivity contribution in [3.63, 3.8) is 0 Å². The van der Waals surface area contributed by atoms with Crippen LogP contribution in [0.15, 0.2) is 23.1 Å². The molecule has 0 bridgehead atoms. The van der Waals surface area contributed by atoms with Crippen molar-refractivity contribution < 1.29 is 17.9 Å². The molecule has 1 aromatic rings. The summed E-state index contributed by atoms with van der Waals surface area (Å²) >= 11 is 0. The van der Waals surface area contributed by atoms with Crippen molar-refractivity contribution in [2.24, 2.45) is 0 Å². The van der Waals surface area contributed by atoms with Gasteiger partial charge in [-0.3, -0.25) is 0 Å². The first kappa shape index (κ1) is 15.6. The van der Waals surface area contributed by atoms with Crippen LogP contribution in [0.2, 0.25) is 0 Å². The molecule has 0 aromatic heterocycles. The Hall–Kier alpha value is -0.820. The number of morpholine rings is 1. The number of likely N-dealkylation sites (N-methyl/N-ethyl adjacent to an activating group) is 1. The lowest BCUT2D eigenvalue weighted by Gasteiger charge is -2.29. The van der Waals surface area contributed by atoms with Crippen LogP contribution in [0.25, 0.3) is 0 Å². The molecule has 1 aliphatic rings. The third-order valence-corrected chi connectivity index (χ3v) is 4.67. The number of nitrogens with zero attached hydrogens (tertiary/aromatic N) is 1. The summed E-state index contributed by atoms with van der Waals surface area (Å²) in [5.41, 5.74) is 0.569. The molecule has 7 heteroatoms.